The number of ether oxygens (including phenoxy) is 1. The van der Waals surface area contributed by atoms with Crippen LogP contribution in [-0.4, -0.2) is 40.8 Å². The molecule has 2 amide bonds. The fourth-order valence-corrected chi connectivity index (χ4v) is 3.23. The predicted molar refractivity (Wildman–Crippen MR) is 107 cm³/mol. The number of amides is 2. The van der Waals surface area contributed by atoms with Gasteiger partial charge >= 0.3 is 0 Å². The molecule has 0 spiro atoms. The van der Waals surface area contributed by atoms with Crippen LogP contribution in [0, 0.1) is 5.92 Å². The molecule has 1 aromatic heterocycles. The molecule has 1 aromatic carbocycles. The number of aromatic nitrogens is 1. The Kier molecular flexibility index (Phi) is 6.63. The molecule has 2 heterocycles. The second kappa shape index (κ2) is 9.35. The minimum atomic E-state index is -0.0903. The van der Waals surface area contributed by atoms with E-state index in [0.717, 1.165) is 18.4 Å². The van der Waals surface area contributed by atoms with Crippen LogP contribution in [0.2, 0.25) is 0 Å². The summed E-state index contributed by atoms with van der Waals surface area (Å²) in [6.45, 7) is 5.67. The second-order valence-electron chi connectivity index (χ2n) is 7.40. The summed E-state index contributed by atoms with van der Waals surface area (Å²) in [5.41, 5.74) is 1.60. The van der Waals surface area contributed by atoms with E-state index < -0.39 is 0 Å². The first kappa shape index (κ1) is 19.9. The Morgan fingerprint density at radius 1 is 1.18 bits per heavy atom. The van der Waals surface area contributed by atoms with Gasteiger partial charge in [0.2, 0.25) is 5.91 Å². The van der Waals surface area contributed by atoms with Gasteiger partial charge in [0.25, 0.3) is 5.91 Å². The number of piperidine rings is 1. The molecule has 1 fully saturated rings. The third-order valence-corrected chi connectivity index (χ3v) is 4.88. The number of rotatable bonds is 6. The Morgan fingerprint density at radius 2 is 1.89 bits per heavy atom. The van der Waals surface area contributed by atoms with Crippen molar-refractivity contribution in [2.24, 2.45) is 5.92 Å². The van der Waals surface area contributed by atoms with Crippen LogP contribution in [0.4, 0.5) is 0 Å². The first-order valence-corrected chi connectivity index (χ1v) is 9.74. The van der Waals surface area contributed by atoms with Crippen LogP contribution in [0.3, 0.4) is 0 Å². The summed E-state index contributed by atoms with van der Waals surface area (Å²) in [6.07, 6.45) is 5.07. The van der Waals surface area contributed by atoms with Crippen molar-refractivity contribution < 1.29 is 14.3 Å². The molecule has 28 heavy (non-hydrogen) atoms. The average Bonchev–Trinajstić information content (AvgIpc) is 2.73. The number of nitrogens with one attached hydrogen (secondary N) is 1. The van der Waals surface area contributed by atoms with Gasteiger partial charge in [0, 0.05) is 48.6 Å². The van der Waals surface area contributed by atoms with Crippen molar-refractivity contribution in [1.29, 1.82) is 0 Å². The minimum Gasteiger partial charge on any atom is -0.489 e. The summed E-state index contributed by atoms with van der Waals surface area (Å²) in [5, 5.41) is 3.08. The molecule has 1 N–H and O–H groups in total. The molecule has 2 aromatic rings. The zero-order valence-corrected chi connectivity index (χ0v) is 16.4. The van der Waals surface area contributed by atoms with Gasteiger partial charge < -0.3 is 15.0 Å². The Morgan fingerprint density at radius 3 is 2.50 bits per heavy atom. The lowest BCUT2D eigenvalue weighted by atomic mass is 10.0. The van der Waals surface area contributed by atoms with E-state index in [1.807, 2.05) is 30.9 Å². The van der Waals surface area contributed by atoms with Crippen LogP contribution in [0.5, 0.6) is 5.75 Å². The molecule has 1 aliphatic rings. The molecule has 3 rings (SSSR count). The van der Waals surface area contributed by atoms with Crippen molar-refractivity contribution in [2.75, 3.05) is 13.1 Å². The van der Waals surface area contributed by atoms with Crippen molar-refractivity contribution in [3.63, 3.8) is 0 Å². The second-order valence-corrected chi connectivity index (χ2v) is 7.40. The van der Waals surface area contributed by atoms with E-state index in [0.29, 0.717) is 31.0 Å². The molecule has 0 radical (unpaired) electrons. The number of pyridine rings is 1. The molecular weight excluding hydrogens is 354 g/mol. The van der Waals surface area contributed by atoms with E-state index in [-0.39, 0.29) is 23.8 Å². The zero-order valence-electron chi connectivity index (χ0n) is 16.4. The van der Waals surface area contributed by atoms with Gasteiger partial charge in [-0.15, -0.1) is 0 Å². The van der Waals surface area contributed by atoms with Crippen molar-refractivity contribution in [1.82, 2.24) is 15.2 Å². The molecule has 148 valence electrons. The fourth-order valence-electron chi connectivity index (χ4n) is 3.23. The summed E-state index contributed by atoms with van der Waals surface area (Å²) >= 11 is 0. The summed E-state index contributed by atoms with van der Waals surface area (Å²) in [6, 6.07) is 11.1. The number of hydrogen-bond acceptors (Lipinski definition) is 4. The smallest absolute Gasteiger partial charge is 0.251 e. The summed E-state index contributed by atoms with van der Waals surface area (Å²) in [4.78, 5) is 30.5. The molecule has 0 bridgehead atoms. The van der Waals surface area contributed by atoms with E-state index in [1.165, 1.54) is 0 Å². The van der Waals surface area contributed by atoms with Crippen LogP contribution in [0.15, 0.2) is 48.8 Å². The molecule has 0 atom stereocenters. The normalized spacial score (nSPS) is 14.8. The van der Waals surface area contributed by atoms with E-state index in [4.69, 9.17) is 4.74 Å². The van der Waals surface area contributed by atoms with E-state index in [9.17, 15) is 9.59 Å². The summed E-state index contributed by atoms with van der Waals surface area (Å²) < 4.78 is 5.72. The molecule has 6 nitrogen and oxygen atoms in total. The number of carbonyl (C=O) groups is 2. The summed E-state index contributed by atoms with van der Waals surface area (Å²) in [5.74, 6) is 0.824. The quantitative estimate of drug-likeness (QED) is 0.835. The topological polar surface area (TPSA) is 71.5 Å². The van der Waals surface area contributed by atoms with Gasteiger partial charge in [-0.3, -0.25) is 14.6 Å². The lowest BCUT2D eigenvalue weighted by molar-refractivity contribution is -0.135. The molecule has 0 unspecified atom stereocenters. The Labute approximate surface area is 165 Å². The zero-order chi connectivity index (χ0) is 19.9. The highest BCUT2D eigenvalue weighted by atomic mass is 16.5. The molecule has 1 saturated heterocycles. The Bertz CT molecular complexity index is 782. The maximum absolute atomic E-state index is 12.5. The number of likely N-dealkylation sites (tertiary alicyclic amines) is 1. The Balaban J connectivity index is 1.46. The number of carbonyl (C=O) groups excluding carboxylic acids is 2. The van der Waals surface area contributed by atoms with Gasteiger partial charge in [-0.05, 0) is 43.2 Å². The average molecular weight is 381 g/mol. The SMILES string of the molecule is CC(C)C(=O)N1CCC(NC(=O)c2ccc(OCc3cccnc3)cc2)CC1. The van der Waals surface area contributed by atoms with E-state index in [2.05, 4.69) is 10.3 Å². The van der Waals surface area contributed by atoms with Gasteiger partial charge in [-0.25, -0.2) is 0 Å². The molecule has 6 heteroatoms. The number of benzene rings is 1. The lowest BCUT2D eigenvalue weighted by Crippen LogP contribution is -2.47. The van der Waals surface area contributed by atoms with Gasteiger partial charge in [0.15, 0.2) is 0 Å². The Hall–Kier alpha value is -2.89. The minimum absolute atomic E-state index is 0.0185. The van der Waals surface area contributed by atoms with Gasteiger partial charge in [-0.1, -0.05) is 19.9 Å². The first-order chi connectivity index (χ1) is 13.5. The highest BCUT2D eigenvalue weighted by Gasteiger charge is 2.25. The molecule has 0 saturated carbocycles. The molecule has 0 aliphatic carbocycles. The van der Waals surface area contributed by atoms with E-state index in [1.54, 1.807) is 36.7 Å². The van der Waals surface area contributed by atoms with Crippen molar-refractivity contribution in [3.05, 3.63) is 59.9 Å². The van der Waals surface area contributed by atoms with Gasteiger partial charge in [0.05, 0.1) is 0 Å². The standard InChI is InChI=1S/C22H27N3O3/c1-16(2)22(27)25-12-9-19(10-13-25)24-21(26)18-5-7-20(8-6-18)28-15-17-4-3-11-23-14-17/h3-8,11,14,16,19H,9-10,12-13,15H2,1-2H3,(H,24,26). The maximum atomic E-state index is 12.5. The van der Waals surface area contributed by atoms with E-state index >= 15 is 0 Å². The third-order valence-electron chi connectivity index (χ3n) is 4.88. The predicted octanol–water partition coefficient (Wildman–Crippen LogP) is 3.04. The van der Waals surface area contributed by atoms with Crippen molar-refractivity contribution >= 4 is 11.8 Å². The number of nitrogens with zero attached hydrogens (tertiary/aromatic N) is 2. The first-order valence-electron chi connectivity index (χ1n) is 9.74. The van der Waals surface area contributed by atoms with Crippen LogP contribution in [-0.2, 0) is 11.4 Å². The van der Waals surface area contributed by atoms with Crippen molar-refractivity contribution in [2.45, 2.75) is 39.3 Å². The molecule has 1 aliphatic heterocycles. The van der Waals surface area contributed by atoms with Crippen LogP contribution in [0.1, 0.15) is 42.6 Å². The van der Waals surface area contributed by atoms with Crippen LogP contribution < -0.4 is 10.1 Å². The summed E-state index contributed by atoms with van der Waals surface area (Å²) in [7, 11) is 0. The molecular formula is C22H27N3O3. The monoisotopic (exact) mass is 381 g/mol. The van der Waals surface area contributed by atoms with Crippen LogP contribution in [0.25, 0.3) is 0 Å². The van der Waals surface area contributed by atoms with Crippen molar-refractivity contribution in [3.8, 4) is 5.75 Å². The van der Waals surface area contributed by atoms with Crippen LogP contribution >= 0.6 is 0 Å². The van der Waals surface area contributed by atoms with Gasteiger partial charge in [0.1, 0.15) is 12.4 Å². The van der Waals surface area contributed by atoms with Gasteiger partial charge in [-0.2, -0.15) is 0 Å². The largest absolute Gasteiger partial charge is 0.489 e. The fraction of sp³-hybridized carbons (Fsp3) is 0.409. The number of hydrogen-bond donors (Lipinski definition) is 1. The highest BCUT2D eigenvalue weighted by molar-refractivity contribution is 5.94. The third kappa shape index (κ3) is 5.31. The highest BCUT2D eigenvalue weighted by Crippen LogP contribution is 2.16. The lowest BCUT2D eigenvalue weighted by Gasteiger charge is -2.33. The maximum Gasteiger partial charge on any atom is 0.251 e.